The molecule has 64 valence electrons. The van der Waals surface area contributed by atoms with Crippen molar-refractivity contribution in [1.29, 1.82) is 0 Å². The lowest BCUT2D eigenvalue weighted by molar-refractivity contribution is 0.199. The molecule has 0 aromatic heterocycles. The molecule has 0 saturated carbocycles. The molecule has 0 saturated heterocycles. The lowest BCUT2D eigenvalue weighted by Crippen LogP contribution is -1.99. The summed E-state index contributed by atoms with van der Waals surface area (Å²) >= 11 is 3.16. The van der Waals surface area contributed by atoms with Gasteiger partial charge in [0.05, 0.1) is 11.8 Å². The van der Waals surface area contributed by atoms with Crippen LogP contribution in [0.15, 0.2) is 16.6 Å². The highest BCUT2D eigenvalue weighted by Crippen LogP contribution is 2.34. The molecule has 1 aliphatic heterocycles. The molecule has 12 heavy (non-hydrogen) atoms. The van der Waals surface area contributed by atoms with Crippen LogP contribution >= 0.6 is 15.9 Å². The van der Waals surface area contributed by atoms with Gasteiger partial charge in [0.1, 0.15) is 5.82 Å². The van der Waals surface area contributed by atoms with Gasteiger partial charge in [-0.05, 0) is 12.1 Å². The molecule has 0 spiro atoms. The molecule has 1 aliphatic rings. The quantitative estimate of drug-likeness (QED) is 0.717. The molecular weight excluding hydrogens is 225 g/mol. The number of anilines is 1. The van der Waals surface area contributed by atoms with E-state index in [0.29, 0.717) is 22.3 Å². The summed E-state index contributed by atoms with van der Waals surface area (Å²) in [5.41, 5.74) is 1.05. The molecule has 2 N–H and O–H groups in total. The topological polar surface area (TPSA) is 32.3 Å². The summed E-state index contributed by atoms with van der Waals surface area (Å²) in [7, 11) is 0. The number of aliphatic hydroxyl groups excluding tert-OH is 1. The number of hydrogen-bond acceptors (Lipinski definition) is 2. The highest BCUT2D eigenvalue weighted by atomic mass is 79.9. The van der Waals surface area contributed by atoms with Gasteiger partial charge in [-0.3, -0.25) is 0 Å². The highest BCUT2D eigenvalue weighted by Gasteiger charge is 2.23. The normalized spacial score (nSPS) is 20.4. The summed E-state index contributed by atoms with van der Waals surface area (Å²) in [5.74, 6) is -0.323. The van der Waals surface area contributed by atoms with E-state index >= 15 is 0 Å². The number of nitrogens with one attached hydrogen (secondary N) is 1. The molecule has 2 nitrogen and oxygen atoms in total. The van der Waals surface area contributed by atoms with Crippen molar-refractivity contribution in [2.45, 2.75) is 6.10 Å². The van der Waals surface area contributed by atoms with Crippen LogP contribution in [0.3, 0.4) is 0 Å². The molecule has 1 aromatic carbocycles. The van der Waals surface area contributed by atoms with E-state index in [1.54, 1.807) is 6.07 Å². The molecule has 0 aliphatic carbocycles. The van der Waals surface area contributed by atoms with Crippen LogP contribution in [-0.4, -0.2) is 11.7 Å². The molecule has 0 unspecified atom stereocenters. The van der Waals surface area contributed by atoms with Gasteiger partial charge in [-0.25, -0.2) is 4.39 Å². The Morgan fingerprint density at radius 1 is 1.58 bits per heavy atom. The third-order valence-corrected chi connectivity index (χ3v) is 2.37. The average molecular weight is 232 g/mol. The second-order valence-corrected chi connectivity index (χ2v) is 3.66. The van der Waals surface area contributed by atoms with Crippen molar-refractivity contribution >= 4 is 21.6 Å². The van der Waals surface area contributed by atoms with Crippen LogP contribution < -0.4 is 5.32 Å². The number of aliphatic hydroxyl groups is 1. The minimum absolute atomic E-state index is 0.323. The largest absolute Gasteiger partial charge is 0.386 e. The first-order chi connectivity index (χ1) is 5.68. The number of halogens is 2. The highest BCUT2D eigenvalue weighted by molar-refractivity contribution is 9.10. The third kappa shape index (κ3) is 1.11. The Bertz CT molecular complexity index is 329. The van der Waals surface area contributed by atoms with E-state index in [-0.39, 0.29) is 5.82 Å². The first-order valence-electron chi connectivity index (χ1n) is 3.59. The van der Waals surface area contributed by atoms with Crippen LogP contribution in [0.5, 0.6) is 0 Å². The van der Waals surface area contributed by atoms with Crippen molar-refractivity contribution in [2.75, 3.05) is 11.9 Å². The minimum atomic E-state index is -0.591. The summed E-state index contributed by atoms with van der Waals surface area (Å²) in [4.78, 5) is 0. The monoisotopic (exact) mass is 231 g/mol. The summed E-state index contributed by atoms with van der Waals surface area (Å²) in [6.45, 7) is 0.392. The Labute approximate surface area is 77.5 Å². The zero-order chi connectivity index (χ0) is 8.72. The average Bonchev–Trinajstić information content (AvgIpc) is 2.33. The van der Waals surface area contributed by atoms with Gasteiger partial charge in [0, 0.05) is 16.6 Å². The molecule has 4 heteroatoms. The van der Waals surface area contributed by atoms with E-state index in [1.807, 2.05) is 0 Å². The van der Waals surface area contributed by atoms with Gasteiger partial charge < -0.3 is 10.4 Å². The maximum absolute atomic E-state index is 13.1. The summed E-state index contributed by atoms with van der Waals surface area (Å²) < 4.78 is 13.8. The van der Waals surface area contributed by atoms with Gasteiger partial charge in [0.15, 0.2) is 0 Å². The maximum Gasteiger partial charge on any atom is 0.147 e. The van der Waals surface area contributed by atoms with Crippen molar-refractivity contribution in [2.24, 2.45) is 0 Å². The zero-order valence-corrected chi connectivity index (χ0v) is 7.73. The second kappa shape index (κ2) is 2.71. The molecule has 0 amide bonds. The van der Waals surface area contributed by atoms with E-state index in [4.69, 9.17) is 0 Å². The molecule has 0 fully saturated rings. The molecule has 1 heterocycles. The van der Waals surface area contributed by atoms with Crippen LogP contribution in [0.2, 0.25) is 0 Å². The number of hydrogen-bond donors (Lipinski definition) is 2. The van der Waals surface area contributed by atoms with Crippen molar-refractivity contribution in [3.63, 3.8) is 0 Å². The molecule has 1 aromatic rings. The van der Waals surface area contributed by atoms with Crippen molar-refractivity contribution in [3.8, 4) is 0 Å². The van der Waals surface area contributed by atoms with Crippen LogP contribution in [-0.2, 0) is 0 Å². The fourth-order valence-corrected chi connectivity index (χ4v) is 1.80. The van der Waals surface area contributed by atoms with Gasteiger partial charge in [-0.15, -0.1) is 0 Å². The van der Waals surface area contributed by atoms with Crippen molar-refractivity contribution < 1.29 is 9.50 Å². The summed E-state index contributed by atoms with van der Waals surface area (Å²) in [6, 6.07) is 3.10. The van der Waals surface area contributed by atoms with Gasteiger partial charge in [-0.1, -0.05) is 15.9 Å². The molecule has 0 radical (unpaired) electrons. The van der Waals surface area contributed by atoms with Crippen molar-refractivity contribution in [1.82, 2.24) is 0 Å². The van der Waals surface area contributed by atoms with Crippen LogP contribution in [0, 0.1) is 5.82 Å². The SMILES string of the molecule is O[C@H]1CNc2c(F)cc(Br)cc21. The molecule has 1 atom stereocenters. The molecule has 0 bridgehead atoms. The predicted molar refractivity (Wildman–Crippen MR) is 47.5 cm³/mol. The zero-order valence-electron chi connectivity index (χ0n) is 6.14. The first kappa shape index (κ1) is 8.01. The van der Waals surface area contributed by atoms with E-state index < -0.39 is 6.10 Å². The van der Waals surface area contributed by atoms with E-state index in [2.05, 4.69) is 21.2 Å². The van der Waals surface area contributed by atoms with Gasteiger partial charge >= 0.3 is 0 Å². The van der Waals surface area contributed by atoms with Gasteiger partial charge in [0.2, 0.25) is 0 Å². The molecule has 2 rings (SSSR count). The Balaban J connectivity index is 2.60. The fourth-order valence-electron chi connectivity index (χ4n) is 1.35. The van der Waals surface area contributed by atoms with E-state index in [1.165, 1.54) is 6.07 Å². The number of fused-ring (bicyclic) bond motifs is 1. The fraction of sp³-hybridized carbons (Fsp3) is 0.250. The van der Waals surface area contributed by atoms with Gasteiger partial charge in [0.25, 0.3) is 0 Å². The minimum Gasteiger partial charge on any atom is -0.386 e. The summed E-state index contributed by atoms with van der Waals surface area (Å²) in [5, 5.41) is 12.2. The van der Waals surface area contributed by atoms with Crippen LogP contribution in [0.25, 0.3) is 0 Å². The maximum atomic E-state index is 13.1. The third-order valence-electron chi connectivity index (χ3n) is 1.92. The Morgan fingerprint density at radius 3 is 3.08 bits per heavy atom. The molecular formula is C8H7BrFNO. The van der Waals surface area contributed by atoms with Crippen molar-refractivity contribution in [3.05, 3.63) is 28.0 Å². The van der Waals surface area contributed by atoms with Gasteiger partial charge in [-0.2, -0.15) is 0 Å². The van der Waals surface area contributed by atoms with Crippen LogP contribution in [0.4, 0.5) is 10.1 Å². The predicted octanol–water partition coefficient (Wildman–Crippen LogP) is 2.05. The first-order valence-corrected chi connectivity index (χ1v) is 4.38. The Hall–Kier alpha value is -0.610. The Morgan fingerprint density at radius 2 is 2.33 bits per heavy atom. The smallest absolute Gasteiger partial charge is 0.147 e. The van der Waals surface area contributed by atoms with E-state index in [0.717, 1.165) is 0 Å². The number of rotatable bonds is 0. The number of benzene rings is 1. The second-order valence-electron chi connectivity index (χ2n) is 2.75. The lowest BCUT2D eigenvalue weighted by atomic mass is 10.1. The van der Waals surface area contributed by atoms with E-state index in [9.17, 15) is 9.50 Å². The van der Waals surface area contributed by atoms with Crippen LogP contribution in [0.1, 0.15) is 11.7 Å². The Kier molecular flexibility index (Phi) is 1.81. The lowest BCUT2D eigenvalue weighted by Gasteiger charge is -2.02. The standard InChI is InChI=1S/C8H7BrFNO/c9-4-1-5-7(12)3-11-8(5)6(10)2-4/h1-2,7,11-12H,3H2/t7-/m0/s1. The number of β-amino-alcohol motifs (C(OH)–C–C–N with tert-alkyl or cyclic N) is 1. The summed E-state index contributed by atoms with van der Waals surface area (Å²) in [6.07, 6.45) is -0.591.